The van der Waals surface area contributed by atoms with E-state index in [0.717, 1.165) is 16.5 Å². The molecule has 236 valence electrons. The molecule has 9 heteroatoms. The lowest BCUT2D eigenvalue weighted by atomic mass is 10.0. The van der Waals surface area contributed by atoms with Crippen LogP contribution < -0.4 is 9.74 Å². The van der Waals surface area contributed by atoms with Gasteiger partial charge in [-0.15, -0.1) is 0 Å². The highest BCUT2D eigenvalue weighted by Gasteiger charge is 2.39. The summed E-state index contributed by atoms with van der Waals surface area (Å²) >= 11 is 0. The number of benzene rings is 3. The van der Waals surface area contributed by atoms with Gasteiger partial charge in [0.25, 0.3) is 5.91 Å². The van der Waals surface area contributed by atoms with E-state index in [1.807, 2.05) is 69.3 Å². The molecule has 3 aromatic rings. The van der Waals surface area contributed by atoms with Crippen molar-refractivity contribution in [1.82, 2.24) is 10.2 Å². The Bertz CT molecular complexity index is 1480. The van der Waals surface area contributed by atoms with Crippen molar-refractivity contribution in [2.45, 2.75) is 90.3 Å². The summed E-state index contributed by atoms with van der Waals surface area (Å²) in [5.41, 5.74) is 0.231. The molecule has 0 aliphatic carbocycles. The first-order valence-electron chi connectivity index (χ1n) is 15.3. The molecule has 0 unspecified atom stereocenters. The Labute approximate surface area is 262 Å². The van der Waals surface area contributed by atoms with Gasteiger partial charge in [-0.1, -0.05) is 57.2 Å². The summed E-state index contributed by atoms with van der Waals surface area (Å²) in [6.45, 7) is 16.9. The highest BCUT2D eigenvalue weighted by atomic mass is 28.4. The molecule has 2 atom stereocenters. The summed E-state index contributed by atoms with van der Waals surface area (Å²) in [4.78, 5) is 41.7. The van der Waals surface area contributed by atoms with Gasteiger partial charge in [0.2, 0.25) is 8.32 Å². The standard InChI is InChI=1S/C35H46N2O6Si/c1-34(2,3)42-33(40)37-22-12-17-30(41-32(39)28-16-11-14-24-13-9-10-15-27(24)28)29(23-37)36-31(38)25-18-20-26(21-19-25)43-44(7,8)35(4,5)6/h9-11,13-16,18-21,29-30H,12,17,22-23H2,1-8H3,(H,36,38)/t29-,30-/m1/s1. The number of esters is 1. The molecule has 1 heterocycles. The van der Waals surface area contributed by atoms with Gasteiger partial charge in [0.05, 0.1) is 11.6 Å². The second-order valence-corrected chi connectivity index (χ2v) is 18.7. The number of fused-ring (bicyclic) bond motifs is 1. The summed E-state index contributed by atoms with van der Waals surface area (Å²) in [7, 11) is -2.04. The van der Waals surface area contributed by atoms with Crippen molar-refractivity contribution >= 4 is 37.1 Å². The van der Waals surface area contributed by atoms with Gasteiger partial charge in [-0.2, -0.15) is 0 Å². The number of hydrogen-bond acceptors (Lipinski definition) is 6. The first-order valence-corrected chi connectivity index (χ1v) is 18.2. The van der Waals surface area contributed by atoms with Crippen LogP contribution >= 0.6 is 0 Å². The first kappa shape index (κ1) is 33.0. The fourth-order valence-electron chi connectivity index (χ4n) is 4.88. The predicted octanol–water partition coefficient (Wildman–Crippen LogP) is 7.58. The third-order valence-electron chi connectivity index (χ3n) is 8.31. The maximum Gasteiger partial charge on any atom is 0.410 e. The smallest absolute Gasteiger partial charge is 0.410 e. The van der Waals surface area contributed by atoms with Crippen LogP contribution in [0.15, 0.2) is 66.7 Å². The third kappa shape index (κ3) is 8.19. The monoisotopic (exact) mass is 618 g/mol. The Kier molecular flexibility index (Phi) is 9.78. The van der Waals surface area contributed by atoms with Gasteiger partial charge in [-0.3, -0.25) is 4.79 Å². The number of likely N-dealkylation sites (tertiary alicyclic amines) is 1. The summed E-state index contributed by atoms with van der Waals surface area (Å²) in [5, 5.41) is 4.83. The molecule has 1 saturated heterocycles. The quantitative estimate of drug-likeness (QED) is 0.226. The van der Waals surface area contributed by atoms with Crippen LogP contribution in [0.3, 0.4) is 0 Å². The molecule has 1 aliphatic rings. The minimum absolute atomic E-state index is 0.0427. The van der Waals surface area contributed by atoms with Gasteiger partial charge in [0.1, 0.15) is 17.5 Å². The normalized spacial score (nSPS) is 17.9. The van der Waals surface area contributed by atoms with E-state index in [-0.39, 0.29) is 17.5 Å². The van der Waals surface area contributed by atoms with Crippen molar-refractivity contribution in [3.8, 4) is 5.75 Å². The predicted molar refractivity (Wildman–Crippen MR) is 176 cm³/mol. The van der Waals surface area contributed by atoms with E-state index in [9.17, 15) is 14.4 Å². The highest BCUT2D eigenvalue weighted by molar-refractivity contribution is 6.74. The summed E-state index contributed by atoms with van der Waals surface area (Å²) in [6, 6.07) is 19.6. The van der Waals surface area contributed by atoms with Crippen molar-refractivity contribution < 1.29 is 28.3 Å². The van der Waals surface area contributed by atoms with Crippen molar-refractivity contribution in [3.05, 3.63) is 77.9 Å². The Morgan fingerprint density at radius 1 is 0.886 bits per heavy atom. The topological polar surface area (TPSA) is 94.2 Å². The van der Waals surface area contributed by atoms with Crippen molar-refractivity contribution in [3.63, 3.8) is 0 Å². The Morgan fingerprint density at radius 3 is 2.20 bits per heavy atom. The summed E-state index contributed by atoms with van der Waals surface area (Å²) in [6.07, 6.45) is -0.0671. The number of rotatable bonds is 6. The van der Waals surface area contributed by atoms with Gasteiger partial charge in [-0.25, -0.2) is 9.59 Å². The minimum Gasteiger partial charge on any atom is -0.544 e. The molecular formula is C35H46N2O6Si. The van der Waals surface area contributed by atoms with E-state index in [1.54, 1.807) is 23.1 Å². The molecule has 3 aromatic carbocycles. The number of nitrogens with zero attached hydrogens (tertiary/aromatic N) is 1. The van der Waals surface area contributed by atoms with Crippen LogP contribution in [0.25, 0.3) is 10.8 Å². The molecule has 0 aromatic heterocycles. The Balaban J connectivity index is 1.56. The second kappa shape index (κ2) is 13.0. The van der Waals surface area contributed by atoms with Crippen LogP contribution in [0.1, 0.15) is 75.1 Å². The molecule has 0 saturated carbocycles. The van der Waals surface area contributed by atoms with E-state index in [0.29, 0.717) is 30.5 Å². The number of amides is 2. The van der Waals surface area contributed by atoms with Crippen LogP contribution in [0.2, 0.25) is 18.1 Å². The van der Waals surface area contributed by atoms with Gasteiger partial charge >= 0.3 is 12.1 Å². The number of carbonyl (C=O) groups excluding carboxylic acids is 3. The van der Waals surface area contributed by atoms with Gasteiger partial charge < -0.3 is 24.1 Å². The summed E-state index contributed by atoms with van der Waals surface area (Å²) < 4.78 is 18.1. The zero-order valence-electron chi connectivity index (χ0n) is 27.2. The lowest BCUT2D eigenvalue weighted by molar-refractivity contribution is 0.0128. The van der Waals surface area contributed by atoms with Crippen LogP contribution in [-0.2, 0) is 9.47 Å². The van der Waals surface area contributed by atoms with Crippen LogP contribution in [0, 0.1) is 0 Å². The zero-order chi connectivity index (χ0) is 32.3. The Hall–Kier alpha value is -3.85. The van der Waals surface area contributed by atoms with E-state index in [4.69, 9.17) is 13.9 Å². The summed E-state index contributed by atoms with van der Waals surface area (Å²) in [5.74, 6) is -0.0735. The number of hydrogen-bond donors (Lipinski definition) is 1. The zero-order valence-corrected chi connectivity index (χ0v) is 28.2. The molecule has 1 fully saturated rings. The average Bonchev–Trinajstić information content (AvgIpc) is 3.13. The molecule has 1 N–H and O–H groups in total. The average molecular weight is 619 g/mol. The van der Waals surface area contributed by atoms with Crippen LogP contribution in [-0.4, -0.2) is 62.0 Å². The van der Waals surface area contributed by atoms with Crippen LogP contribution in [0.5, 0.6) is 5.75 Å². The molecular weight excluding hydrogens is 572 g/mol. The van der Waals surface area contributed by atoms with Crippen molar-refractivity contribution in [2.24, 2.45) is 0 Å². The maximum absolute atomic E-state index is 13.5. The molecule has 4 rings (SSSR count). The van der Waals surface area contributed by atoms with Gasteiger partial charge in [0.15, 0.2) is 0 Å². The van der Waals surface area contributed by atoms with Gasteiger partial charge in [0, 0.05) is 18.7 Å². The van der Waals surface area contributed by atoms with Gasteiger partial charge in [-0.05, 0) is 92.8 Å². The molecule has 0 spiro atoms. The van der Waals surface area contributed by atoms with Crippen molar-refractivity contribution in [2.75, 3.05) is 13.1 Å². The fourth-order valence-corrected chi connectivity index (χ4v) is 5.91. The molecule has 0 bridgehead atoms. The first-order chi connectivity index (χ1) is 20.5. The van der Waals surface area contributed by atoms with E-state index >= 15 is 0 Å². The molecule has 0 radical (unpaired) electrons. The van der Waals surface area contributed by atoms with Crippen molar-refractivity contribution in [1.29, 1.82) is 0 Å². The lowest BCUT2D eigenvalue weighted by Crippen LogP contribution is -2.51. The minimum atomic E-state index is -2.04. The molecule has 44 heavy (non-hydrogen) atoms. The number of ether oxygens (including phenoxy) is 2. The highest BCUT2D eigenvalue weighted by Crippen LogP contribution is 2.37. The Morgan fingerprint density at radius 2 is 1.55 bits per heavy atom. The maximum atomic E-state index is 13.5. The second-order valence-electron chi connectivity index (χ2n) is 14.0. The number of carbonyl (C=O) groups is 3. The fraction of sp³-hybridized carbons (Fsp3) is 0.457. The SMILES string of the molecule is CC(C)(C)OC(=O)N1CCC[C@@H](OC(=O)c2cccc3ccccc23)[C@H](NC(=O)c2ccc(O[Si](C)(C)C(C)(C)C)cc2)C1. The van der Waals surface area contributed by atoms with E-state index in [1.165, 1.54) is 0 Å². The molecule has 1 aliphatic heterocycles. The third-order valence-corrected chi connectivity index (χ3v) is 12.7. The largest absolute Gasteiger partial charge is 0.544 e. The van der Waals surface area contributed by atoms with Crippen LogP contribution in [0.4, 0.5) is 4.79 Å². The van der Waals surface area contributed by atoms with E-state index < -0.39 is 38.1 Å². The molecule has 8 nitrogen and oxygen atoms in total. The lowest BCUT2D eigenvalue weighted by Gasteiger charge is -2.36. The van der Waals surface area contributed by atoms with E-state index in [2.05, 4.69) is 39.2 Å². The number of nitrogens with one attached hydrogen (secondary N) is 1. The molecule has 2 amide bonds.